The predicted octanol–water partition coefficient (Wildman–Crippen LogP) is 5.22. The first-order valence-corrected chi connectivity index (χ1v) is 6.36. The number of rotatable bonds is 5. The first kappa shape index (κ1) is 15.3. The average Bonchev–Trinajstić information content (AvgIpc) is 2.28. The van der Waals surface area contributed by atoms with Crippen LogP contribution < -0.4 is 4.74 Å². The molecule has 0 bridgehead atoms. The van der Waals surface area contributed by atoms with Crippen LogP contribution in [0.15, 0.2) is 23.8 Å². The number of alkyl halides is 3. The van der Waals surface area contributed by atoms with Crippen LogP contribution >= 0.6 is 23.2 Å². The molecule has 18 heavy (non-hydrogen) atoms. The summed E-state index contributed by atoms with van der Waals surface area (Å²) >= 11 is 11.7. The van der Waals surface area contributed by atoms with Gasteiger partial charge in [0.15, 0.2) is 0 Å². The third-order valence-electron chi connectivity index (χ3n) is 2.42. The molecule has 0 saturated heterocycles. The Kier molecular flexibility index (Phi) is 5.89. The van der Waals surface area contributed by atoms with Gasteiger partial charge in [0.05, 0.1) is 0 Å². The molecule has 0 unspecified atom stereocenters. The van der Waals surface area contributed by atoms with Crippen molar-refractivity contribution in [1.82, 2.24) is 0 Å². The van der Waals surface area contributed by atoms with Gasteiger partial charge in [0.1, 0.15) is 5.75 Å². The van der Waals surface area contributed by atoms with E-state index in [0.717, 1.165) is 5.57 Å². The fraction of sp³-hybridized carbons (Fsp3) is 0.385. The van der Waals surface area contributed by atoms with Gasteiger partial charge >= 0.3 is 6.61 Å². The van der Waals surface area contributed by atoms with Gasteiger partial charge in [-0.3, -0.25) is 0 Å². The molecule has 0 aliphatic heterocycles. The first-order valence-electron chi connectivity index (χ1n) is 5.44. The number of halogens is 4. The van der Waals surface area contributed by atoms with Crippen LogP contribution in [-0.2, 0) is 0 Å². The maximum atomic E-state index is 12.3. The second-order valence-corrected chi connectivity index (χ2v) is 4.77. The highest BCUT2D eigenvalue weighted by molar-refractivity contribution is 6.30. The molecule has 0 amide bonds. The normalized spacial score (nSPS) is 12.3. The maximum absolute atomic E-state index is 12.3. The van der Waals surface area contributed by atoms with E-state index in [0.29, 0.717) is 16.5 Å². The lowest BCUT2D eigenvalue weighted by Gasteiger charge is -2.12. The van der Waals surface area contributed by atoms with Gasteiger partial charge in [-0.2, -0.15) is 8.78 Å². The molecule has 1 nitrogen and oxygen atoms in total. The summed E-state index contributed by atoms with van der Waals surface area (Å²) in [5, 5.41) is 0.459. The van der Waals surface area contributed by atoms with E-state index in [4.69, 9.17) is 23.2 Å². The SMILES string of the molecule is CC(C)C(=Cc1cc(Cl)ccc1OC(F)F)CCl. The zero-order chi connectivity index (χ0) is 13.7. The molecule has 1 aromatic rings. The van der Waals surface area contributed by atoms with Crippen molar-refractivity contribution in [2.75, 3.05) is 5.88 Å². The van der Waals surface area contributed by atoms with Gasteiger partial charge in [-0.1, -0.05) is 37.1 Å². The topological polar surface area (TPSA) is 9.23 Å². The van der Waals surface area contributed by atoms with Crippen LogP contribution in [0.25, 0.3) is 6.08 Å². The highest BCUT2D eigenvalue weighted by Gasteiger charge is 2.10. The Morgan fingerprint density at radius 3 is 2.56 bits per heavy atom. The van der Waals surface area contributed by atoms with E-state index in [1.54, 1.807) is 12.1 Å². The minimum absolute atomic E-state index is 0.0951. The van der Waals surface area contributed by atoms with Gasteiger partial charge in [0, 0.05) is 16.5 Å². The Balaban J connectivity index is 3.16. The average molecular weight is 295 g/mol. The molecule has 0 fully saturated rings. The molecule has 1 rings (SSSR count). The van der Waals surface area contributed by atoms with Crippen molar-refractivity contribution in [2.45, 2.75) is 20.5 Å². The van der Waals surface area contributed by atoms with Crippen LogP contribution in [0.3, 0.4) is 0 Å². The molecule has 0 spiro atoms. The lowest BCUT2D eigenvalue weighted by Crippen LogP contribution is -2.04. The van der Waals surface area contributed by atoms with Gasteiger partial charge in [0.2, 0.25) is 0 Å². The van der Waals surface area contributed by atoms with Crippen molar-refractivity contribution in [2.24, 2.45) is 5.92 Å². The smallest absolute Gasteiger partial charge is 0.387 e. The fourth-order valence-corrected chi connectivity index (χ4v) is 1.96. The minimum Gasteiger partial charge on any atom is -0.434 e. The minimum atomic E-state index is -2.86. The van der Waals surface area contributed by atoms with Gasteiger partial charge in [-0.05, 0) is 24.1 Å². The summed E-state index contributed by atoms with van der Waals surface area (Å²) in [4.78, 5) is 0. The van der Waals surface area contributed by atoms with Gasteiger partial charge in [-0.15, -0.1) is 11.6 Å². The molecule has 0 aliphatic carbocycles. The Morgan fingerprint density at radius 2 is 2.06 bits per heavy atom. The quantitative estimate of drug-likeness (QED) is 0.677. The van der Waals surface area contributed by atoms with Crippen LogP contribution in [0.5, 0.6) is 5.75 Å². The molecule has 5 heteroatoms. The molecular formula is C13H14Cl2F2O. The standard InChI is InChI=1S/C13H14Cl2F2O/c1-8(2)10(7-14)5-9-6-11(15)3-4-12(9)18-13(16)17/h3-6,8,13H,7H2,1-2H3. The zero-order valence-corrected chi connectivity index (χ0v) is 11.6. The lowest BCUT2D eigenvalue weighted by molar-refractivity contribution is -0.0499. The zero-order valence-electron chi connectivity index (χ0n) is 10.1. The van der Waals surface area contributed by atoms with E-state index in [2.05, 4.69) is 4.74 Å². The summed E-state index contributed by atoms with van der Waals surface area (Å²) in [6.07, 6.45) is 1.74. The Hall–Kier alpha value is -0.800. The van der Waals surface area contributed by atoms with E-state index in [-0.39, 0.29) is 11.7 Å². The summed E-state index contributed by atoms with van der Waals surface area (Å²) in [6.45, 7) is 1.09. The van der Waals surface area contributed by atoms with Crippen molar-refractivity contribution in [3.05, 3.63) is 34.4 Å². The van der Waals surface area contributed by atoms with Gasteiger partial charge < -0.3 is 4.74 Å². The van der Waals surface area contributed by atoms with E-state index in [9.17, 15) is 8.78 Å². The molecule has 100 valence electrons. The highest BCUT2D eigenvalue weighted by Crippen LogP contribution is 2.28. The van der Waals surface area contributed by atoms with Gasteiger partial charge in [-0.25, -0.2) is 0 Å². The summed E-state index contributed by atoms with van der Waals surface area (Å²) in [6, 6.07) is 4.51. The van der Waals surface area contributed by atoms with Crippen molar-refractivity contribution in [3.63, 3.8) is 0 Å². The highest BCUT2D eigenvalue weighted by atomic mass is 35.5. The Labute approximate surface area is 115 Å². The molecule has 0 atom stereocenters. The maximum Gasteiger partial charge on any atom is 0.387 e. The van der Waals surface area contributed by atoms with E-state index < -0.39 is 6.61 Å². The molecule has 1 aromatic carbocycles. The molecule has 0 aliphatic rings. The molecule has 0 aromatic heterocycles. The van der Waals surface area contributed by atoms with Crippen LogP contribution in [0.4, 0.5) is 8.78 Å². The third-order valence-corrected chi connectivity index (χ3v) is 2.97. The molecular weight excluding hydrogens is 281 g/mol. The van der Waals surface area contributed by atoms with Gasteiger partial charge in [0.25, 0.3) is 0 Å². The molecule has 0 heterocycles. The summed E-state index contributed by atoms with van der Waals surface area (Å²) < 4.78 is 29.0. The van der Waals surface area contributed by atoms with Crippen LogP contribution in [0.2, 0.25) is 5.02 Å². The largest absolute Gasteiger partial charge is 0.434 e. The van der Waals surface area contributed by atoms with Crippen LogP contribution in [-0.4, -0.2) is 12.5 Å². The second-order valence-electron chi connectivity index (χ2n) is 4.07. The van der Waals surface area contributed by atoms with E-state index in [1.165, 1.54) is 12.1 Å². The molecule has 0 N–H and O–H groups in total. The molecule has 0 radical (unpaired) electrons. The number of hydrogen-bond acceptors (Lipinski definition) is 1. The van der Waals surface area contributed by atoms with Crippen molar-refractivity contribution < 1.29 is 13.5 Å². The Bertz CT molecular complexity index is 431. The van der Waals surface area contributed by atoms with Crippen LogP contribution in [0.1, 0.15) is 19.4 Å². The summed E-state index contributed by atoms with van der Waals surface area (Å²) in [5.41, 5.74) is 1.44. The number of ether oxygens (including phenoxy) is 1. The third kappa shape index (κ3) is 4.46. The second kappa shape index (κ2) is 6.95. The van der Waals surface area contributed by atoms with Crippen molar-refractivity contribution >= 4 is 29.3 Å². The summed E-state index contributed by atoms with van der Waals surface area (Å²) in [7, 11) is 0. The predicted molar refractivity (Wildman–Crippen MR) is 71.6 cm³/mol. The number of hydrogen-bond donors (Lipinski definition) is 0. The number of benzene rings is 1. The van der Waals surface area contributed by atoms with E-state index in [1.807, 2.05) is 13.8 Å². The monoisotopic (exact) mass is 294 g/mol. The van der Waals surface area contributed by atoms with Crippen molar-refractivity contribution in [3.8, 4) is 5.75 Å². The van der Waals surface area contributed by atoms with Crippen molar-refractivity contribution in [1.29, 1.82) is 0 Å². The first-order chi connectivity index (χ1) is 8.43. The molecule has 0 saturated carbocycles. The Morgan fingerprint density at radius 1 is 1.39 bits per heavy atom. The summed E-state index contributed by atoms with van der Waals surface area (Å²) in [5.74, 6) is 0.650. The van der Waals surface area contributed by atoms with E-state index >= 15 is 0 Å². The lowest BCUT2D eigenvalue weighted by atomic mass is 10.0. The fourth-order valence-electron chi connectivity index (χ4n) is 1.39. The van der Waals surface area contributed by atoms with Crippen LogP contribution in [0, 0.1) is 5.92 Å². The number of allylic oxidation sites excluding steroid dienone is 1.